The first kappa shape index (κ1) is 24.1. The molecule has 3 aromatic carbocycles. The number of ether oxygens (including phenoxy) is 1. The highest BCUT2D eigenvalue weighted by molar-refractivity contribution is 7.16. The van der Waals surface area contributed by atoms with E-state index in [1.54, 1.807) is 48.5 Å². The fourth-order valence-corrected chi connectivity index (χ4v) is 5.58. The first-order valence-electron chi connectivity index (χ1n) is 12.0. The standard InChI is InChI=1S/C29H20N6O3S/c1-16(17-11-13-19(14-12-17)35-27(36)20-9-5-6-10-21(20)28(35)37)33-34-29-32-26-24(39-29)23(18-7-3-2-4-8-18)22(15-30)25(31)38-26/h2-14,23H,31H2,1H3,(H,32,34). The molecule has 0 bridgehead atoms. The van der Waals surface area contributed by atoms with E-state index >= 15 is 0 Å². The Bertz CT molecular complexity index is 1700. The predicted molar refractivity (Wildman–Crippen MR) is 148 cm³/mol. The van der Waals surface area contributed by atoms with Gasteiger partial charge in [0.1, 0.15) is 11.6 Å². The van der Waals surface area contributed by atoms with E-state index in [1.807, 2.05) is 37.3 Å². The minimum atomic E-state index is -0.382. The van der Waals surface area contributed by atoms with Crippen LogP contribution >= 0.6 is 11.3 Å². The molecule has 0 spiro atoms. The van der Waals surface area contributed by atoms with E-state index in [-0.39, 0.29) is 23.6 Å². The molecule has 0 aliphatic carbocycles. The lowest BCUT2D eigenvalue weighted by Crippen LogP contribution is -2.29. The Morgan fingerprint density at radius 2 is 1.67 bits per heavy atom. The number of fused-ring (bicyclic) bond motifs is 2. The Kier molecular flexibility index (Phi) is 5.90. The van der Waals surface area contributed by atoms with Crippen molar-refractivity contribution >= 4 is 39.7 Å². The third-order valence-corrected chi connectivity index (χ3v) is 7.56. The van der Waals surface area contributed by atoms with Crippen molar-refractivity contribution in [3.8, 4) is 11.9 Å². The lowest BCUT2D eigenvalue weighted by Gasteiger charge is -2.22. The molecule has 10 heteroatoms. The van der Waals surface area contributed by atoms with Crippen molar-refractivity contribution in [3.05, 3.63) is 117 Å². The summed E-state index contributed by atoms with van der Waals surface area (Å²) in [5, 5.41) is 14.7. The molecule has 1 aromatic heterocycles. The van der Waals surface area contributed by atoms with Crippen LogP contribution in [0.25, 0.3) is 0 Å². The van der Waals surface area contributed by atoms with Crippen molar-refractivity contribution in [1.29, 1.82) is 5.26 Å². The fourth-order valence-electron chi connectivity index (χ4n) is 4.61. The van der Waals surface area contributed by atoms with Crippen molar-refractivity contribution < 1.29 is 14.3 Å². The predicted octanol–water partition coefficient (Wildman–Crippen LogP) is 5.00. The number of hydrazone groups is 1. The number of aromatic nitrogens is 1. The summed E-state index contributed by atoms with van der Waals surface area (Å²) in [5.74, 6) is -0.685. The van der Waals surface area contributed by atoms with Gasteiger partial charge in [0.05, 0.1) is 33.3 Å². The summed E-state index contributed by atoms with van der Waals surface area (Å²) < 4.78 is 5.65. The Balaban J connectivity index is 1.22. The summed E-state index contributed by atoms with van der Waals surface area (Å²) in [6, 6.07) is 25.6. The normalized spacial score (nSPS) is 16.5. The first-order chi connectivity index (χ1) is 19.0. The summed E-state index contributed by atoms with van der Waals surface area (Å²) in [7, 11) is 0. The van der Waals surface area contributed by atoms with E-state index in [0.29, 0.717) is 39.1 Å². The maximum atomic E-state index is 12.8. The number of nitriles is 1. The van der Waals surface area contributed by atoms with Crippen LogP contribution in [0.5, 0.6) is 5.88 Å². The van der Waals surface area contributed by atoms with Gasteiger partial charge in [0, 0.05) is 0 Å². The van der Waals surface area contributed by atoms with E-state index in [9.17, 15) is 14.9 Å². The number of allylic oxidation sites excluding steroid dienone is 1. The topological polar surface area (TPSA) is 134 Å². The average molecular weight is 533 g/mol. The number of carbonyl (C=O) groups excluding carboxylic acids is 2. The molecule has 1 atom stereocenters. The summed E-state index contributed by atoms with van der Waals surface area (Å²) in [4.78, 5) is 32.0. The number of thiazole rings is 1. The summed E-state index contributed by atoms with van der Waals surface area (Å²) in [5.41, 5.74) is 13.0. The van der Waals surface area contributed by atoms with Crippen LogP contribution in [0.4, 0.5) is 10.8 Å². The molecule has 39 heavy (non-hydrogen) atoms. The highest BCUT2D eigenvalue weighted by Gasteiger charge is 2.36. The van der Waals surface area contributed by atoms with Crippen LogP contribution < -0.4 is 20.8 Å². The molecule has 3 heterocycles. The van der Waals surface area contributed by atoms with E-state index in [1.165, 1.54) is 16.2 Å². The lowest BCUT2D eigenvalue weighted by molar-refractivity contribution is 0.0926. The summed E-state index contributed by atoms with van der Waals surface area (Å²) in [6.45, 7) is 1.83. The van der Waals surface area contributed by atoms with Crippen molar-refractivity contribution in [3.63, 3.8) is 0 Å². The van der Waals surface area contributed by atoms with Gasteiger partial charge in [-0.3, -0.25) is 15.0 Å². The van der Waals surface area contributed by atoms with E-state index in [0.717, 1.165) is 16.0 Å². The molecule has 6 rings (SSSR count). The number of nitrogens with two attached hydrogens (primary N) is 1. The summed E-state index contributed by atoms with van der Waals surface area (Å²) in [6.07, 6.45) is 0. The van der Waals surface area contributed by atoms with E-state index < -0.39 is 0 Å². The molecule has 3 N–H and O–H groups in total. The molecule has 2 aliphatic rings. The van der Waals surface area contributed by atoms with Gasteiger partial charge in [0.25, 0.3) is 11.8 Å². The smallest absolute Gasteiger partial charge is 0.266 e. The number of imide groups is 1. The maximum absolute atomic E-state index is 12.8. The third-order valence-electron chi connectivity index (χ3n) is 6.55. The van der Waals surface area contributed by atoms with Crippen LogP contribution in [0.2, 0.25) is 0 Å². The zero-order valence-corrected chi connectivity index (χ0v) is 21.4. The van der Waals surface area contributed by atoms with Crippen LogP contribution in [-0.2, 0) is 0 Å². The van der Waals surface area contributed by atoms with Crippen molar-refractivity contribution in [1.82, 2.24) is 4.98 Å². The first-order valence-corrected chi connectivity index (χ1v) is 12.8. The number of nitrogens with one attached hydrogen (secondary N) is 1. The van der Waals surface area contributed by atoms with Crippen LogP contribution in [0.15, 0.2) is 95.4 Å². The molecular formula is C29H20N6O3S. The van der Waals surface area contributed by atoms with Gasteiger partial charge in [-0.15, -0.1) is 0 Å². The van der Waals surface area contributed by atoms with Gasteiger partial charge in [-0.1, -0.05) is 65.9 Å². The zero-order chi connectivity index (χ0) is 27.1. The van der Waals surface area contributed by atoms with E-state index in [4.69, 9.17) is 10.5 Å². The van der Waals surface area contributed by atoms with Gasteiger partial charge in [-0.2, -0.15) is 15.3 Å². The van der Waals surface area contributed by atoms with Crippen molar-refractivity contribution in [2.75, 3.05) is 10.3 Å². The quantitative estimate of drug-likeness (QED) is 0.210. The minimum absolute atomic E-state index is 0.0357. The second kappa shape index (κ2) is 9.55. The van der Waals surface area contributed by atoms with Gasteiger partial charge in [0.2, 0.25) is 16.9 Å². The molecule has 190 valence electrons. The number of benzene rings is 3. The number of carbonyl (C=O) groups is 2. The zero-order valence-electron chi connectivity index (χ0n) is 20.6. The van der Waals surface area contributed by atoms with Gasteiger partial charge >= 0.3 is 0 Å². The van der Waals surface area contributed by atoms with Gasteiger partial charge in [0.15, 0.2) is 0 Å². The highest BCUT2D eigenvalue weighted by Crippen LogP contribution is 2.46. The Morgan fingerprint density at radius 3 is 2.31 bits per heavy atom. The summed E-state index contributed by atoms with van der Waals surface area (Å²) >= 11 is 1.33. The second-order valence-corrected chi connectivity index (χ2v) is 9.90. The van der Waals surface area contributed by atoms with E-state index in [2.05, 4.69) is 21.6 Å². The lowest BCUT2D eigenvalue weighted by atomic mass is 9.89. The molecule has 2 aliphatic heterocycles. The number of hydrogen-bond acceptors (Lipinski definition) is 9. The molecule has 0 saturated heterocycles. The molecule has 0 radical (unpaired) electrons. The van der Waals surface area contributed by atoms with Crippen molar-refractivity contribution in [2.24, 2.45) is 10.8 Å². The van der Waals surface area contributed by atoms with Crippen LogP contribution in [0.1, 0.15) is 49.6 Å². The van der Waals surface area contributed by atoms with Gasteiger partial charge in [-0.05, 0) is 42.3 Å². The highest BCUT2D eigenvalue weighted by atomic mass is 32.1. The molecule has 0 fully saturated rings. The number of anilines is 2. The Labute approximate surface area is 227 Å². The SMILES string of the molecule is CC(=NNc1nc2c(s1)C(c1ccccc1)C(C#N)=C(N)O2)c1ccc(N2C(=O)c3ccccc3C2=O)cc1. The number of hydrogen-bond donors (Lipinski definition) is 2. The monoisotopic (exact) mass is 532 g/mol. The van der Waals surface area contributed by atoms with Gasteiger partial charge in [-0.25, -0.2) is 4.90 Å². The average Bonchev–Trinajstić information content (AvgIpc) is 3.49. The van der Waals surface area contributed by atoms with Crippen LogP contribution in [-0.4, -0.2) is 22.5 Å². The molecule has 4 aromatic rings. The molecular weight excluding hydrogens is 512 g/mol. The van der Waals surface area contributed by atoms with Crippen LogP contribution in [0.3, 0.4) is 0 Å². The number of rotatable bonds is 5. The molecule has 9 nitrogen and oxygen atoms in total. The fraction of sp³-hybridized carbons (Fsp3) is 0.0690. The molecule has 2 amide bonds. The number of nitrogens with zero attached hydrogens (tertiary/aromatic N) is 4. The third kappa shape index (κ3) is 4.11. The maximum Gasteiger partial charge on any atom is 0.266 e. The number of amides is 2. The second-order valence-electron chi connectivity index (χ2n) is 8.87. The molecule has 1 unspecified atom stereocenters. The van der Waals surface area contributed by atoms with Gasteiger partial charge < -0.3 is 10.5 Å². The Morgan fingerprint density at radius 1 is 1.03 bits per heavy atom. The van der Waals surface area contributed by atoms with Crippen LogP contribution in [0, 0.1) is 11.3 Å². The molecule has 0 saturated carbocycles. The minimum Gasteiger partial charge on any atom is -0.421 e. The van der Waals surface area contributed by atoms with Crippen molar-refractivity contribution in [2.45, 2.75) is 12.8 Å². The largest absolute Gasteiger partial charge is 0.421 e. The Hall–Kier alpha value is -5.27.